The predicted molar refractivity (Wildman–Crippen MR) is 55.3 cm³/mol. The molecule has 1 aromatic carbocycles. The molecule has 0 aliphatic heterocycles. The zero-order valence-corrected chi connectivity index (χ0v) is 8.85. The summed E-state index contributed by atoms with van der Waals surface area (Å²) in [7, 11) is 0. The van der Waals surface area contributed by atoms with Gasteiger partial charge >= 0.3 is 0 Å². The van der Waals surface area contributed by atoms with E-state index in [9.17, 15) is 5.21 Å². The Hall–Kier alpha value is -0.460. The second-order valence-electron chi connectivity index (χ2n) is 2.55. The third kappa shape index (κ3) is 1.49. The number of hydrogen-bond donors (Lipinski definition) is 2. The minimum Gasteiger partial charge on any atom is -0.594 e. The number of benzene rings is 1. The number of hydrogen-bond acceptors (Lipinski definition) is 3. The van der Waals surface area contributed by atoms with Crippen LogP contribution in [0.2, 0.25) is 0 Å². The summed E-state index contributed by atoms with van der Waals surface area (Å²) in [5.74, 6) is 0. The molecule has 0 aliphatic carbocycles. The zero-order valence-electron chi connectivity index (χ0n) is 6.45. The monoisotopic (exact) mass is 259 g/mol. The van der Waals surface area contributed by atoms with Crippen molar-refractivity contribution in [3.8, 4) is 0 Å². The minimum atomic E-state index is -0.881. The molecule has 0 radical (unpaired) electrons. The van der Waals surface area contributed by atoms with E-state index in [1.54, 1.807) is 0 Å². The van der Waals surface area contributed by atoms with Gasteiger partial charge in [-0.05, 0) is 22.0 Å². The smallest absolute Gasteiger partial charge is 0.234 e. The van der Waals surface area contributed by atoms with Crippen molar-refractivity contribution in [2.24, 2.45) is 0 Å². The first kappa shape index (κ1) is 9.11. The predicted octanol–water partition coefficient (Wildman–Crippen LogP) is 2.07. The molecule has 0 fully saturated rings. The van der Waals surface area contributed by atoms with Crippen molar-refractivity contribution >= 4 is 42.4 Å². The van der Waals surface area contributed by atoms with Gasteiger partial charge in [-0.3, -0.25) is 0 Å². The van der Waals surface area contributed by atoms with Crippen LogP contribution in [0.15, 0.2) is 28.7 Å². The SMILES string of the molecule is [O-][NH+](O)c1sc2ccccc2c1Br. The fourth-order valence-electron chi connectivity index (χ4n) is 1.15. The van der Waals surface area contributed by atoms with E-state index in [1.807, 2.05) is 24.3 Å². The summed E-state index contributed by atoms with van der Waals surface area (Å²) in [5, 5.41) is 20.1. The summed E-state index contributed by atoms with van der Waals surface area (Å²) >= 11 is 4.57. The third-order valence-corrected chi connectivity index (χ3v) is 3.97. The molecule has 2 aromatic rings. The van der Waals surface area contributed by atoms with Gasteiger partial charge in [0, 0.05) is 10.1 Å². The van der Waals surface area contributed by atoms with Crippen LogP contribution in [0.5, 0.6) is 0 Å². The average molecular weight is 260 g/mol. The Morgan fingerprint density at radius 1 is 1.38 bits per heavy atom. The van der Waals surface area contributed by atoms with Gasteiger partial charge in [-0.25, -0.2) is 5.21 Å². The standard InChI is InChI=1S/C8H6BrNO2S/c9-7-5-3-1-2-4-6(5)13-8(7)10(11)12/h1-4,10-11H. The van der Waals surface area contributed by atoms with Crippen molar-refractivity contribution in [2.45, 2.75) is 0 Å². The number of fused-ring (bicyclic) bond motifs is 1. The molecular formula is C8H6BrNO2S. The molecule has 1 aromatic heterocycles. The molecule has 1 unspecified atom stereocenters. The Morgan fingerprint density at radius 3 is 2.69 bits per heavy atom. The van der Waals surface area contributed by atoms with Crippen molar-refractivity contribution in [2.75, 3.05) is 0 Å². The van der Waals surface area contributed by atoms with Gasteiger partial charge in [-0.15, -0.1) is 0 Å². The fraction of sp³-hybridized carbons (Fsp3) is 0. The van der Waals surface area contributed by atoms with E-state index in [0.717, 1.165) is 10.1 Å². The molecule has 68 valence electrons. The van der Waals surface area contributed by atoms with Gasteiger partial charge in [-0.1, -0.05) is 29.5 Å². The number of rotatable bonds is 1. The van der Waals surface area contributed by atoms with E-state index in [4.69, 9.17) is 5.21 Å². The van der Waals surface area contributed by atoms with Crippen LogP contribution in [0.4, 0.5) is 5.00 Å². The zero-order chi connectivity index (χ0) is 9.42. The van der Waals surface area contributed by atoms with Crippen molar-refractivity contribution < 1.29 is 10.4 Å². The van der Waals surface area contributed by atoms with Gasteiger partial charge in [-0.2, -0.15) is 5.23 Å². The summed E-state index contributed by atoms with van der Waals surface area (Å²) in [4.78, 5) is 0. The molecule has 5 heteroatoms. The van der Waals surface area contributed by atoms with Crippen LogP contribution in [0.1, 0.15) is 0 Å². The normalized spacial score (nSPS) is 13.5. The van der Waals surface area contributed by atoms with Gasteiger partial charge in [0.15, 0.2) is 0 Å². The number of thiophene rings is 1. The molecule has 0 spiro atoms. The van der Waals surface area contributed by atoms with Crippen LogP contribution in [0.25, 0.3) is 10.1 Å². The van der Waals surface area contributed by atoms with Gasteiger partial charge in [0.2, 0.25) is 5.00 Å². The van der Waals surface area contributed by atoms with Crippen molar-refractivity contribution in [3.05, 3.63) is 33.9 Å². The van der Waals surface area contributed by atoms with E-state index in [1.165, 1.54) is 11.3 Å². The molecule has 2 rings (SSSR count). The molecule has 0 saturated carbocycles. The molecule has 0 aliphatic rings. The highest BCUT2D eigenvalue weighted by Gasteiger charge is 2.14. The van der Waals surface area contributed by atoms with Crippen molar-refractivity contribution in [1.29, 1.82) is 0 Å². The lowest BCUT2D eigenvalue weighted by Crippen LogP contribution is -2.98. The largest absolute Gasteiger partial charge is 0.594 e. The molecule has 13 heavy (non-hydrogen) atoms. The van der Waals surface area contributed by atoms with Crippen LogP contribution < -0.4 is 5.23 Å². The van der Waals surface area contributed by atoms with E-state index >= 15 is 0 Å². The minimum absolute atomic E-state index is 0.362. The fourth-order valence-corrected chi connectivity index (χ4v) is 2.97. The Labute approximate surface area is 86.9 Å². The Balaban J connectivity index is 2.74. The van der Waals surface area contributed by atoms with Crippen LogP contribution in [-0.2, 0) is 0 Å². The van der Waals surface area contributed by atoms with Gasteiger partial charge in [0.25, 0.3) is 0 Å². The van der Waals surface area contributed by atoms with Crippen LogP contribution in [0, 0.1) is 5.21 Å². The topological polar surface area (TPSA) is 47.7 Å². The molecular weight excluding hydrogens is 254 g/mol. The quantitative estimate of drug-likeness (QED) is 0.771. The molecule has 3 nitrogen and oxygen atoms in total. The summed E-state index contributed by atoms with van der Waals surface area (Å²) in [5.41, 5.74) is 0. The maximum atomic E-state index is 10.8. The molecule has 1 heterocycles. The summed E-state index contributed by atoms with van der Waals surface area (Å²) in [6, 6.07) is 7.61. The van der Waals surface area contributed by atoms with Crippen LogP contribution in [0.3, 0.4) is 0 Å². The highest BCUT2D eigenvalue weighted by atomic mass is 79.9. The molecule has 0 amide bonds. The molecule has 1 atom stereocenters. The van der Waals surface area contributed by atoms with Gasteiger partial charge in [0.1, 0.15) is 4.47 Å². The number of nitrogens with one attached hydrogen (secondary N) is 1. The van der Waals surface area contributed by atoms with E-state index in [0.29, 0.717) is 9.47 Å². The highest BCUT2D eigenvalue weighted by Crippen LogP contribution is 2.36. The van der Waals surface area contributed by atoms with E-state index < -0.39 is 5.23 Å². The molecule has 2 N–H and O–H groups in total. The maximum absolute atomic E-state index is 10.8. The van der Waals surface area contributed by atoms with Crippen molar-refractivity contribution in [1.82, 2.24) is 0 Å². The van der Waals surface area contributed by atoms with Gasteiger partial charge < -0.3 is 5.21 Å². The molecule has 0 saturated heterocycles. The number of quaternary nitrogens is 1. The Bertz CT molecular complexity index is 441. The van der Waals surface area contributed by atoms with Crippen molar-refractivity contribution in [3.63, 3.8) is 0 Å². The second kappa shape index (κ2) is 3.36. The lowest BCUT2D eigenvalue weighted by Gasteiger charge is -2.08. The summed E-state index contributed by atoms with van der Waals surface area (Å²) in [6.45, 7) is 0. The van der Waals surface area contributed by atoms with E-state index in [2.05, 4.69) is 15.9 Å². The first-order chi connectivity index (χ1) is 6.20. The molecule has 0 bridgehead atoms. The first-order valence-electron chi connectivity index (χ1n) is 3.60. The first-order valence-corrected chi connectivity index (χ1v) is 5.21. The van der Waals surface area contributed by atoms with Crippen LogP contribution in [-0.4, -0.2) is 5.21 Å². The van der Waals surface area contributed by atoms with E-state index in [-0.39, 0.29) is 0 Å². The second-order valence-corrected chi connectivity index (χ2v) is 4.39. The maximum Gasteiger partial charge on any atom is 0.234 e. The number of halogens is 1. The summed E-state index contributed by atoms with van der Waals surface area (Å²) in [6.07, 6.45) is 0. The lowest BCUT2D eigenvalue weighted by molar-refractivity contribution is -0.989. The Kier molecular flexibility index (Phi) is 2.35. The average Bonchev–Trinajstić information content (AvgIpc) is 2.45. The Morgan fingerprint density at radius 2 is 2.08 bits per heavy atom. The lowest BCUT2D eigenvalue weighted by atomic mass is 10.3. The van der Waals surface area contributed by atoms with Crippen LogP contribution >= 0.6 is 27.3 Å². The highest BCUT2D eigenvalue weighted by molar-refractivity contribution is 9.10. The third-order valence-electron chi connectivity index (χ3n) is 1.73. The summed E-state index contributed by atoms with van der Waals surface area (Å²) < 4.78 is 1.67. The van der Waals surface area contributed by atoms with Gasteiger partial charge in [0.05, 0.1) is 0 Å².